The van der Waals surface area contributed by atoms with Gasteiger partial charge in [-0.15, -0.1) is 0 Å². The van der Waals surface area contributed by atoms with Crippen molar-refractivity contribution in [3.05, 3.63) is 181 Å². The molecule has 42 heavy (non-hydrogen) atoms. The lowest BCUT2D eigenvalue weighted by atomic mass is 9.69. The summed E-state index contributed by atoms with van der Waals surface area (Å²) in [4.78, 5) is 0. The van der Waals surface area contributed by atoms with Crippen molar-refractivity contribution < 1.29 is 0 Å². The summed E-state index contributed by atoms with van der Waals surface area (Å²) >= 11 is 0. The van der Waals surface area contributed by atoms with E-state index in [1.165, 1.54) is 66.8 Å². The molecule has 0 bridgehead atoms. The van der Waals surface area contributed by atoms with Crippen molar-refractivity contribution in [3.8, 4) is 55.6 Å². The summed E-state index contributed by atoms with van der Waals surface area (Å²) in [5, 5.41) is 0. The molecule has 0 heteroatoms. The molecule has 6 aromatic rings. The zero-order valence-corrected chi connectivity index (χ0v) is 23.3. The average Bonchev–Trinajstić information content (AvgIpc) is 3.09. The quantitative estimate of drug-likeness (QED) is 0.211. The third kappa shape index (κ3) is 4.33. The number of fused-ring (bicyclic) bond motifs is 6. The number of benzene rings is 6. The molecule has 0 nitrogen and oxygen atoms in total. The summed E-state index contributed by atoms with van der Waals surface area (Å²) in [6, 6.07) is 53.3. The summed E-state index contributed by atoms with van der Waals surface area (Å²) in [7, 11) is 0. The molecule has 8 rings (SSSR count). The number of rotatable bonds is 4. The summed E-state index contributed by atoms with van der Waals surface area (Å²) in [6.45, 7) is 0. The van der Waals surface area contributed by atoms with E-state index in [1.807, 2.05) is 0 Å². The summed E-state index contributed by atoms with van der Waals surface area (Å²) in [6.07, 6.45) is 9.13. The Bertz CT molecular complexity index is 1970. The first-order valence-electron chi connectivity index (χ1n) is 14.8. The van der Waals surface area contributed by atoms with Crippen molar-refractivity contribution in [1.82, 2.24) is 0 Å². The van der Waals surface area contributed by atoms with Gasteiger partial charge in [-0.1, -0.05) is 152 Å². The lowest BCUT2D eigenvalue weighted by molar-refractivity contribution is 0.720. The first-order chi connectivity index (χ1) is 20.8. The molecule has 0 saturated carbocycles. The van der Waals surface area contributed by atoms with E-state index in [9.17, 15) is 0 Å². The van der Waals surface area contributed by atoms with Crippen molar-refractivity contribution in [1.29, 1.82) is 0 Å². The molecule has 0 heterocycles. The highest BCUT2D eigenvalue weighted by Crippen LogP contribution is 2.50. The van der Waals surface area contributed by atoms with Gasteiger partial charge in [-0.2, -0.15) is 0 Å². The monoisotopic (exact) mass is 534 g/mol. The largest absolute Gasteiger partial charge is 0.0761 e. The summed E-state index contributed by atoms with van der Waals surface area (Å²) in [5.74, 6) is 0.762. The minimum absolute atomic E-state index is 0.369. The Kier molecular flexibility index (Phi) is 6.04. The van der Waals surface area contributed by atoms with E-state index in [1.54, 1.807) is 0 Å². The first-order valence-corrected chi connectivity index (χ1v) is 14.8. The highest BCUT2D eigenvalue weighted by Gasteiger charge is 2.31. The number of allylic oxidation sites excluding steroid dienone is 4. The topological polar surface area (TPSA) is 0 Å². The van der Waals surface area contributed by atoms with Gasteiger partial charge >= 0.3 is 0 Å². The highest BCUT2D eigenvalue weighted by atomic mass is 14.3. The van der Waals surface area contributed by atoms with Crippen LogP contribution in [-0.2, 0) is 0 Å². The third-order valence-corrected chi connectivity index (χ3v) is 8.87. The van der Waals surface area contributed by atoms with Crippen LogP contribution in [0.15, 0.2) is 170 Å². The van der Waals surface area contributed by atoms with Crippen molar-refractivity contribution in [2.45, 2.75) is 11.8 Å². The Balaban J connectivity index is 1.13. The van der Waals surface area contributed by atoms with Crippen LogP contribution in [0.5, 0.6) is 0 Å². The minimum atomic E-state index is 0.369. The van der Waals surface area contributed by atoms with Crippen LogP contribution in [0.3, 0.4) is 0 Å². The Morgan fingerprint density at radius 2 is 0.714 bits per heavy atom. The van der Waals surface area contributed by atoms with Crippen LogP contribution in [0.4, 0.5) is 0 Å². The lowest BCUT2D eigenvalue weighted by Gasteiger charge is -2.34. The van der Waals surface area contributed by atoms with Crippen LogP contribution in [-0.4, -0.2) is 0 Å². The van der Waals surface area contributed by atoms with E-state index in [4.69, 9.17) is 0 Å². The van der Waals surface area contributed by atoms with Gasteiger partial charge in [0.25, 0.3) is 0 Å². The molecule has 0 N–H and O–H groups in total. The molecule has 2 aliphatic carbocycles. The van der Waals surface area contributed by atoms with Gasteiger partial charge in [0.15, 0.2) is 0 Å². The molecule has 0 spiro atoms. The van der Waals surface area contributed by atoms with Gasteiger partial charge in [0.1, 0.15) is 0 Å². The molecular weight excluding hydrogens is 504 g/mol. The van der Waals surface area contributed by atoms with Crippen LogP contribution < -0.4 is 0 Å². The van der Waals surface area contributed by atoms with Gasteiger partial charge in [-0.25, -0.2) is 0 Å². The van der Waals surface area contributed by atoms with Crippen LogP contribution in [0, 0.1) is 0 Å². The predicted molar refractivity (Wildman–Crippen MR) is 177 cm³/mol. The highest BCUT2D eigenvalue weighted by molar-refractivity contribution is 5.82. The van der Waals surface area contributed by atoms with Gasteiger partial charge in [0.05, 0.1) is 0 Å². The second-order valence-corrected chi connectivity index (χ2v) is 11.3. The van der Waals surface area contributed by atoms with Gasteiger partial charge in [-0.05, 0) is 85.0 Å². The van der Waals surface area contributed by atoms with E-state index in [2.05, 4.69) is 170 Å². The minimum Gasteiger partial charge on any atom is -0.0761 e. The molecular formula is C42H30. The molecule has 0 aliphatic heterocycles. The van der Waals surface area contributed by atoms with E-state index in [-0.39, 0.29) is 0 Å². The second-order valence-electron chi connectivity index (χ2n) is 11.3. The molecule has 2 unspecified atom stereocenters. The third-order valence-electron chi connectivity index (χ3n) is 8.87. The average molecular weight is 535 g/mol. The van der Waals surface area contributed by atoms with Gasteiger partial charge < -0.3 is 0 Å². The maximum absolute atomic E-state index is 2.43. The van der Waals surface area contributed by atoms with Gasteiger partial charge in [-0.3, -0.25) is 0 Å². The standard InChI is InChI=1S/C42H30/c1-2-10-29(11-3-1)30-20-22-31(23-21-30)32-12-8-13-33(26-32)34-14-9-15-35(27-34)36-24-25-41-39-18-5-4-16-37(39)38-17-6-7-19-40(38)42(41)28-36/h1-28,38,40H. The van der Waals surface area contributed by atoms with E-state index < -0.39 is 0 Å². The molecule has 2 aliphatic rings. The molecule has 198 valence electrons. The fourth-order valence-electron chi connectivity index (χ4n) is 6.74. The Morgan fingerprint density at radius 1 is 0.286 bits per heavy atom. The van der Waals surface area contributed by atoms with Crippen LogP contribution >= 0.6 is 0 Å². The van der Waals surface area contributed by atoms with Crippen molar-refractivity contribution in [3.63, 3.8) is 0 Å². The van der Waals surface area contributed by atoms with Crippen molar-refractivity contribution in [2.75, 3.05) is 0 Å². The molecule has 0 aromatic heterocycles. The van der Waals surface area contributed by atoms with Crippen molar-refractivity contribution >= 4 is 0 Å². The van der Waals surface area contributed by atoms with Gasteiger partial charge in [0.2, 0.25) is 0 Å². The van der Waals surface area contributed by atoms with E-state index in [0.717, 1.165) is 0 Å². The smallest absolute Gasteiger partial charge is 0.0131 e. The zero-order valence-electron chi connectivity index (χ0n) is 23.3. The van der Waals surface area contributed by atoms with Gasteiger partial charge in [0, 0.05) is 11.8 Å². The number of hydrogen-bond donors (Lipinski definition) is 0. The molecule has 2 atom stereocenters. The van der Waals surface area contributed by atoms with Crippen LogP contribution in [0.1, 0.15) is 23.0 Å². The fourth-order valence-corrected chi connectivity index (χ4v) is 6.74. The zero-order chi connectivity index (χ0) is 27.9. The summed E-state index contributed by atoms with van der Waals surface area (Å²) < 4.78 is 0. The Labute approximate surface area is 248 Å². The molecule has 0 fully saturated rings. The van der Waals surface area contributed by atoms with E-state index in [0.29, 0.717) is 11.8 Å². The molecule has 0 amide bonds. The lowest BCUT2D eigenvalue weighted by Crippen LogP contribution is -2.16. The maximum atomic E-state index is 2.43. The SMILES string of the molecule is C1=CC2c3ccccc3-c3ccc(-c4cccc(-c5cccc(-c6ccc(-c7ccccc7)cc6)c5)c4)cc3C2C=C1. The number of hydrogen-bond acceptors (Lipinski definition) is 0. The molecule has 0 saturated heterocycles. The molecule has 6 aromatic carbocycles. The van der Waals surface area contributed by atoms with Crippen LogP contribution in [0.25, 0.3) is 55.6 Å². The normalized spacial score (nSPS) is 16.4. The Morgan fingerprint density at radius 3 is 1.38 bits per heavy atom. The molecule has 0 radical (unpaired) electrons. The summed E-state index contributed by atoms with van der Waals surface area (Å²) in [5.41, 5.74) is 15.5. The first kappa shape index (κ1) is 24.6. The van der Waals surface area contributed by atoms with Crippen LogP contribution in [0.2, 0.25) is 0 Å². The second kappa shape index (κ2) is 10.3. The predicted octanol–water partition coefficient (Wildman–Crippen LogP) is 11.3. The maximum Gasteiger partial charge on any atom is 0.0131 e. The Hall–Kier alpha value is -5.20. The fraction of sp³-hybridized carbons (Fsp3) is 0.0476. The van der Waals surface area contributed by atoms with Crippen molar-refractivity contribution in [2.24, 2.45) is 0 Å². The van der Waals surface area contributed by atoms with E-state index >= 15 is 0 Å².